The highest BCUT2D eigenvalue weighted by molar-refractivity contribution is 9.10. The smallest absolute Gasteiger partial charge is 0.256 e. The first-order valence-electron chi connectivity index (χ1n) is 8.27. The summed E-state index contributed by atoms with van der Waals surface area (Å²) in [6, 6.07) is 23.3. The summed E-state index contributed by atoms with van der Waals surface area (Å²) in [6.07, 6.45) is 2.56. The molecule has 0 bridgehead atoms. The van der Waals surface area contributed by atoms with Crippen molar-refractivity contribution in [1.82, 2.24) is 9.38 Å². The summed E-state index contributed by atoms with van der Waals surface area (Å²) in [5.74, 6) is 0.542. The predicted octanol–water partition coefficient (Wildman–Crippen LogP) is 4.94. The average Bonchev–Trinajstić information content (AvgIpc) is 3.00. The summed E-state index contributed by atoms with van der Waals surface area (Å²) >= 11 is 3.41. The van der Waals surface area contributed by atoms with E-state index in [2.05, 4.69) is 33.4 Å². The van der Waals surface area contributed by atoms with E-state index >= 15 is 0 Å². The number of pyridine rings is 1. The molecule has 1 amide bonds. The van der Waals surface area contributed by atoms with Gasteiger partial charge in [-0.3, -0.25) is 9.20 Å². The molecule has 0 aliphatic carbocycles. The van der Waals surface area contributed by atoms with Crippen LogP contribution in [0.5, 0.6) is 0 Å². The molecule has 4 nitrogen and oxygen atoms in total. The molecule has 0 fully saturated rings. The van der Waals surface area contributed by atoms with Crippen LogP contribution in [0.4, 0.5) is 5.82 Å². The van der Waals surface area contributed by atoms with Crippen molar-refractivity contribution in [2.75, 3.05) is 5.32 Å². The van der Waals surface area contributed by atoms with Crippen LogP contribution in [0.1, 0.15) is 21.6 Å². The molecular weight excluding hydrogens is 390 g/mol. The summed E-state index contributed by atoms with van der Waals surface area (Å²) in [5.41, 5.74) is 3.39. The van der Waals surface area contributed by atoms with Crippen molar-refractivity contribution in [3.63, 3.8) is 0 Å². The molecule has 0 saturated heterocycles. The minimum atomic E-state index is -0.161. The van der Waals surface area contributed by atoms with Gasteiger partial charge in [-0.15, -0.1) is 0 Å². The van der Waals surface area contributed by atoms with Crippen LogP contribution in [0.15, 0.2) is 83.5 Å². The van der Waals surface area contributed by atoms with Gasteiger partial charge in [-0.1, -0.05) is 58.4 Å². The third-order valence-corrected chi connectivity index (χ3v) is 4.63. The highest BCUT2D eigenvalue weighted by Crippen LogP contribution is 2.22. The number of rotatable bonds is 4. The molecule has 4 aromatic rings. The van der Waals surface area contributed by atoms with Crippen molar-refractivity contribution >= 4 is 33.3 Å². The Hall–Kier alpha value is -2.92. The molecule has 0 aliphatic heterocycles. The van der Waals surface area contributed by atoms with Gasteiger partial charge in [0.2, 0.25) is 0 Å². The third kappa shape index (κ3) is 3.39. The molecule has 128 valence electrons. The maximum absolute atomic E-state index is 12.7. The number of aromatic nitrogens is 2. The molecule has 0 aliphatic rings. The standard InChI is InChI=1S/C21H16BrN3O/c22-17-10-6-9-16(14-17)21(26)24-20-18(13-15-7-2-1-3-8-15)23-19-11-4-5-12-25(19)20/h1-12,14H,13H2,(H,24,26). The van der Waals surface area contributed by atoms with Crippen molar-refractivity contribution in [2.24, 2.45) is 0 Å². The van der Waals surface area contributed by atoms with E-state index in [0.29, 0.717) is 17.8 Å². The van der Waals surface area contributed by atoms with E-state index in [1.165, 1.54) is 0 Å². The van der Waals surface area contributed by atoms with Gasteiger partial charge in [0.1, 0.15) is 11.5 Å². The number of imidazole rings is 1. The van der Waals surface area contributed by atoms with Crippen LogP contribution in [0.25, 0.3) is 5.65 Å². The number of hydrogen-bond acceptors (Lipinski definition) is 2. The second-order valence-corrected chi connectivity index (χ2v) is 6.88. The Morgan fingerprint density at radius 1 is 1.00 bits per heavy atom. The van der Waals surface area contributed by atoms with Crippen molar-refractivity contribution in [2.45, 2.75) is 6.42 Å². The van der Waals surface area contributed by atoms with E-state index in [1.807, 2.05) is 59.1 Å². The van der Waals surface area contributed by atoms with E-state index in [9.17, 15) is 4.79 Å². The molecule has 0 atom stereocenters. The fourth-order valence-electron chi connectivity index (χ4n) is 2.90. The van der Waals surface area contributed by atoms with E-state index in [4.69, 9.17) is 4.98 Å². The summed E-state index contributed by atoms with van der Waals surface area (Å²) < 4.78 is 2.78. The van der Waals surface area contributed by atoms with Crippen molar-refractivity contribution in [3.05, 3.63) is 100 Å². The van der Waals surface area contributed by atoms with Crippen LogP contribution >= 0.6 is 15.9 Å². The average molecular weight is 406 g/mol. The van der Waals surface area contributed by atoms with Crippen molar-refractivity contribution < 1.29 is 4.79 Å². The fourth-order valence-corrected chi connectivity index (χ4v) is 3.30. The number of carbonyl (C=O) groups is 1. The first-order valence-corrected chi connectivity index (χ1v) is 9.07. The summed E-state index contributed by atoms with van der Waals surface area (Å²) in [5, 5.41) is 3.04. The Labute approximate surface area is 159 Å². The van der Waals surface area contributed by atoms with Crippen LogP contribution in [0, 0.1) is 0 Å². The molecule has 1 N–H and O–H groups in total. The number of nitrogens with zero attached hydrogens (tertiary/aromatic N) is 2. The number of carbonyl (C=O) groups excluding carboxylic acids is 1. The van der Waals surface area contributed by atoms with E-state index in [0.717, 1.165) is 21.4 Å². The molecule has 0 radical (unpaired) electrons. The zero-order valence-corrected chi connectivity index (χ0v) is 15.5. The number of hydrogen-bond donors (Lipinski definition) is 1. The maximum atomic E-state index is 12.7. The van der Waals surface area contributed by atoms with Crippen molar-refractivity contribution in [3.8, 4) is 0 Å². The van der Waals surface area contributed by atoms with Crippen LogP contribution < -0.4 is 5.32 Å². The Morgan fingerprint density at radius 2 is 1.81 bits per heavy atom. The van der Waals surface area contributed by atoms with Gasteiger partial charge in [-0.05, 0) is 35.9 Å². The second kappa shape index (κ2) is 7.14. The van der Waals surface area contributed by atoms with Crippen molar-refractivity contribution in [1.29, 1.82) is 0 Å². The summed E-state index contributed by atoms with van der Waals surface area (Å²) in [6.45, 7) is 0. The number of amides is 1. The SMILES string of the molecule is O=C(Nc1c(Cc2ccccc2)nc2ccccn12)c1cccc(Br)c1. The van der Waals surface area contributed by atoms with Gasteiger partial charge in [0.05, 0.1) is 5.69 Å². The lowest BCUT2D eigenvalue weighted by Crippen LogP contribution is -2.14. The Bertz CT molecular complexity index is 1070. The van der Waals surface area contributed by atoms with E-state index < -0.39 is 0 Å². The Kier molecular flexibility index (Phi) is 4.54. The van der Waals surface area contributed by atoms with E-state index in [-0.39, 0.29) is 5.91 Å². The number of benzene rings is 2. The molecular formula is C21H16BrN3O. The van der Waals surface area contributed by atoms with Crippen LogP contribution in [0.3, 0.4) is 0 Å². The number of nitrogens with one attached hydrogen (secondary N) is 1. The molecule has 2 heterocycles. The Balaban J connectivity index is 1.73. The predicted molar refractivity (Wildman–Crippen MR) is 107 cm³/mol. The molecule has 4 rings (SSSR count). The second-order valence-electron chi connectivity index (χ2n) is 5.96. The lowest BCUT2D eigenvalue weighted by atomic mass is 10.1. The number of anilines is 1. The first-order chi connectivity index (χ1) is 12.7. The lowest BCUT2D eigenvalue weighted by Gasteiger charge is -2.08. The monoisotopic (exact) mass is 405 g/mol. The van der Waals surface area contributed by atoms with Crippen LogP contribution in [-0.4, -0.2) is 15.3 Å². The minimum Gasteiger partial charge on any atom is -0.306 e. The summed E-state index contributed by atoms with van der Waals surface area (Å²) in [4.78, 5) is 17.5. The summed E-state index contributed by atoms with van der Waals surface area (Å²) in [7, 11) is 0. The van der Waals surface area contributed by atoms with Gasteiger partial charge in [0, 0.05) is 22.7 Å². The first kappa shape index (κ1) is 16.5. The zero-order valence-electron chi connectivity index (χ0n) is 13.9. The largest absolute Gasteiger partial charge is 0.306 e. The molecule has 0 spiro atoms. The molecule has 26 heavy (non-hydrogen) atoms. The van der Waals surface area contributed by atoms with Gasteiger partial charge < -0.3 is 5.32 Å². The molecule has 0 saturated carbocycles. The molecule has 5 heteroatoms. The highest BCUT2D eigenvalue weighted by atomic mass is 79.9. The lowest BCUT2D eigenvalue weighted by molar-refractivity contribution is 0.102. The van der Waals surface area contributed by atoms with Gasteiger partial charge >= 0.3 is 0 Å². The molecule has 2 aromatic heterocycles. The van der Waals surface area contributed by atoms with E-state index in [1.54, 1.807) is 12.1 Å². The number of fused-ring (bicyclic) bond motifs is 1. The maximum Gasteiger partial charge on any atom is 0.256 e. The fraction of sp³-hybridized carbons (Fsp3) is 0.0476. The quantitative estimate of drug-likeness (QED) is 0.522. The third-order valence-electron chi connectivity index (χ3n) is 4.14. The van der Waals surface area contributed by atoms with Gasteiger partial charge in [-0.2, -0.15) is 0 Å². The number of halogens is 1. The highest BCUT2D eigenvalue weighted by Gasteiger charge is 2.16. The minimum absolute atomic E-state index is 0.161. The normalized spacial score (nSPS) is 10.8. The zero-order chi connectivity index (χ0) is 17.9. The molecule has 2 aromatic carbocycles. The molecule has 0 unspecified atom stereocenters. The van der Waals surface area contributed by atoms with Gasteiger partial charge in [0.25, 0.3) is 5.91 Å². The van der Waals surface area contributed by atoms with Gasteiger partial charge in [-0.25, -0.2) is 4.98 Å². The van der Waals surface area contributed by atoms with Crippen LogP contribution in [-0.2, 0) is 6.42 Å². The Morgan fingerprint density at radius 3 is 2.62 bits per heavy atom. The van der Waals surface area contributed by atoms with Crippen LogP contribution in [0.2, 0.25) is 0 Å². The van der Waals surface area contributed by atoms with Gasteiger partial charge in [0.15, 0.2) is 0 Å². The topological polar surface area (TPSA) is 46.4 Å².